The van der Waals surface area contributed by atoms with Crippen molar-refractivity contribution in [3.05, 3.63) is 29.8 Å². The molecule has 4 N–H and O–H groups in total. The second kappa shape index (κ2) is 8.92. The van der Waals surface area contributed by atoms with Crippen LogP contribution in [0.15, 0.2) is 24.3 Å². The molecule has 1 unspecified atom stereocenters. The minimum absolute atomic E-state index is 0.152. The van der Waals surface area contributed by atoms with Crippen LogP contribution in [0.3, 0.4) is 0 Å². The van der Waals surface area contributed by atoms with Gasteiger partial charge >= 0.3 is 6.61 Å². The molecule has 21 heavy (non-hydrogen) atoms. The normalized spacial score (nSPS) is 14.2. The lowest BCUT2D eigenvalue weighted by atomic mass is 9.93. The fourth-order valence-electron chi connectivity index (χ4n) is 1.99. The van der Waals surface area contributed by atoms with E-state index in [1.54, 1.807) is 24.3 Å². The molecule has 0 radical (unpaired) electrons. The van der Waals surface area contributed by atoms with Crippen molar-refractivity contribution in [3.63, 3.8) is 0 Å². The minimum Gasteiger partial charge on any atom is -0.435 e. The van der Waals surface area contributed by atoms with Crippen LogP contribution in [0.2, 0.25) is 0 Å². The van der Waals surface area contributed by atoms with Crippen LogP contribution >= 0.6 is 0 Å². The lowest BCUT2D eigenvalue weighted by Gasteiger charge is -2.29. The third-order valence-electron chi connectivity index (χ3n) is 3.45. The number of nitrogens with one attached hydrogen (secondary N) is 1. The molecule has 0 heterocycles. The van der Waals surface area contributed by atoms with Gasteiger partial charge < -0.3 is 20.9 Å². The summed E-state index contributed by atoms with van der Waals surface area (Å²) in [4.78, 5) is 0. The second-order valence-corrected chi connectivity index (χ2v) is 5.29. The van der Waals surface area contributed by atoms with E-state index in [1.807, 2.05) is 6.92 Å². The number of aryl methyl sites for hydroxylation is 1. The van der Waals surface area contributed by atoms with Crippen molar-refractivity contribution in [3.8, 4) is 5.75 Å². The topological polar surface area (TPSA) is 67.5 Å². The number of aliphatic hydroxyl groups excluding tert-OH is 1. The van der Waals surface area contributed by atoms with E-state index in [0.29, 0.717) is 19.5 Å². The number of nitrogens with two attached hydrogens (primary N) is 1. The van der Waals surface area contributed by atoms with Crippen LogP contribution in [0, 0.1) is 0 Å². The fraction of sp³-hybridized carbons (Fsp3) is 0.600. The van der Waals surface area contributed by atoms with Gasteiger partial charge in [-0.25, -0.2) is 0 Å². The van der Waals surface area contributed by atoms with E-state index >= 15 is 0 Å². The number of alkyl halides is 2. The molecule has 1 aromatic carbocycles. The molecule has 0 saturated heterocycles. The highest BCUT2D eigenvalue weighted by Crippen LogP contribution is 2.18. The van der Waals surface area contributed by atoms with E-state index in [9.17, 15) is 8.78 Å². The number of aliphatic hydroxyl groups is 1. The van der Waals surface area contributed by atoms with Gasteiger partial charge in [0, 0.05) is 18.7 Å². The molecule has 0 fully saturated rings. The van der Waals surface area contributed by atoms with Gasteiger partial charge in [-0.15, -0.1) is 0 Å². The number of ether oxygens (including phenoxy) is 1. The fourth-order valence-corrected chi connectivity index (χ4v) is 1.99. The quantitative estimate of drug-likeness (QED) is 0.578. The monoisotopic (exact) mass is 302 g/mol. The van der Waals surface area contributed by atoms with Crippen LogP contribution in [0.1, 0.15) is 25.3 Å². The Kier molecular flexibility index (Phi) is 7.56. The van der Waals surface area contributed by atoms with Gasteiger partial charge in [0.1, 0.15) is 5.75 Å². The maximum Gasteiger partial charge on any atom is 0.387 e. The van der Waals surface area contributed by atoms with Crippen LogP contribution in [-0.4, -0.2) is 37.0 Å². The first-order valence-corrected chi connectivity index (χ1v) is 7.09. The number of rotatable bonds is 10. The Bertz CT molecular complexity index is 401. The van der Waals surface area contributed by atoms with Crippen molar-refractivity contribution in [2.75, 3.05) is 19.7 Å². The Morgan fingerprint density at radius 1 is 1.33 bits per heavy atom. The van der Waals surface area contributed by atoms with Gasteiger partial charge in [-0.2, -0.15) is 8.78 Å². The van der Waals surface area contributed by atoms with E-state index in [1.165, 1.54) is 0 Å². The third-order valence-corrected chi connectivity index (χ3v) is 3.45. The lowest BCUT2D eigenvalue weighted by molar-refractivity contribution is -0.0498. The van der Waals surface area contributed by atoms with Crippen molar-refractivity contribution in [2.45, 2.75) is 38.3 Å². The molecule has 0 aromatic heterocycles. The summed E-state index contributed by atoms with van der Waals surface area (Å²) in [5.41, 5.74) is 6.64. The summed E-state index contributed by atoms with van der Waals surface area (Å²) in [6.07, 6.45) is 2.30. The molecule has 6 heteroatoms. The molecule has 0 spiro atoms. The van der Waals surface area contributed by atoms with Crippen molar-refractivity contribution in [2.24, 2.45) is 5.73 Å². The molecule has 0 aliphatic heterocycles. The summed E-state index contributed by atoms with van der Waals surface area (Å²) in [5.74, 6) is 0.163. The van der Waals surface area contributed by atoms with E-state index in [0.717, 1.165) is 18.4 Å². The summed E-state index contributed by atoms with van der Waals surface area (Å²) in [5, 5.41) is 12.1. The minimum atomic E-state index is -2.80. The Morgan fingerprint density at radius 3 is 2.52 bits per heavy atom. The highest BCUT2D eigenvalue weighted by Gasteiger charge is 2.21. The Labute approximate surface area is 124 Å². The van der Waals surface area contributed by atoms with Crippen molar-refractivity contribution < 1.29 is 18.6 Å². The molecule has 1 aromatic rings. The Balaban J connectivity index is 2.48. The number of hydrogen-bond donors (Lipinski definition) is 3. The maximum atomic E-state index is 12.1. The number of halogens is 2. The summed E-state index contributed by atoms with van der Waals surface area (Å²) in [6, 6.07) is 6.64. The molecule has 0 aliphatic carbocycles. The summed E-state index contributed by atoms with van der Waals surface area (Å²) < 4.78 is 28.4. The predicted molar refractivity (Wildman–Crippen MR) is 78.6 cm³/mol. The Morgan fingerprint density at radius 2 is 2.00 bits per heavy atom. The molecule has 0 amide bonds. The largest absolute Gasteiger partial charge is 0.435 e. The lowest BCUT2D eigenvalue weighted by Crippen LogP contribution is -2.49. The summed E-state index contributed by atoms with van der Waals surface area (Å²) >= 11 is 0. The average Bonchev–Trinajstić information content (AvgIpc) is 2.46. The van der Waals surface area contributed by atoms with Crippen LogP contribution in [0.4, 0.5) is 8.78 Å². The smallest absolute Gasteiger partial charge is 0.387 e. The standard InChI is InChI=1S/C15H24F2N2O2/c1-15(11-18,19-9-2-10-20)8-7-12-3-5-13(6-4-12)21-14(16)17/h3-6,14,19-20H,2,7-11,18H2,1H3. The van der Waals surface area contributed by atoms with Crippen molar-refractivity contribution >= 4 is 0 Å². The molecule has 0 bridgehead atoms. The number of hydrogen-bond acceptors (Lipinski definition) is 4. The molecule has 1 atom stereocenters. The van der Waals surface area contributed by atoms with Crippen LogP contribution in [-0.2, 0) is 6.42 Å². The van der Waals surface area contributed by atoms with Gasteiger partial charge in [0.05, 0.1) is 0 Å². The highest BCUT2D eigenvalue weighted by molar-refractivity contribution is 5.27. The van der Waals surface area contributed by atoms with Crippen LogP contribution < -0.4 is 15.8 Å². The summed E-state index contributed by atoms with van der Waals surface area (Å²) in [7, 11) is 0. The second-order valence-electron chi connectivity index (χ2n) is 5.29. The molecular weight excluding hydrogens is 278 g/mol. The molecule has 0 aliphatic rings. The highest BCUT2D eigenvalue weighted by atomic mass is 19.3. The molecule has 120 valence electrons. The first-order valence-electron chi connectivity index (χ1n) is 7.09. The molecular formula is C15H24F2N2O2. The van der Waals surface area contributed by atoms with E-state index in [4.69, 9.17) is 10.8 Å². The summed E-state index contributed by atoms with van der Waals surface area (Å²) in [6.45, 7) is 0.598. The first-order chi connectivity index (χ1) is 9.99. The van der Waals surface area contributed by atoms with Gasteiger partial charge in [0.2, 0.25) is 0 Å². The van der Waals surface area contributed by atoms with Gasteiger partial charge in [-0.1, -0.05) is 12.1 Å². The van der Waals surface area contributed by atoms with Gasteiger partial charge in [0.15, 0.2) is 0 Å². The molecule has 4 nitrogen and oxygen atoms in total. The number of benzene rings is 1. The van der Waals surface area contributed by atoms with Crippen molar-refractivity contribution in [1.82, 2.24) is 5.32 Å². The Hall–Kier alpha value is -1.24. The van der Waals surface area contributed by atoms with Crippen molar-refractivity contribution in [1.29, 1.82) is 0 Å². The van der Waals surface area contributed by atoms with E-state index in [-0.39, 0.29) is 17.9 Å². The molecule has 0 saturated carbocycles. The van der Waals surface area contributed by atoms with Crippen LogP contribution in [0.5, 0.6) is 5.75 Å². The first kappa shape index (κ1) is 17.8. The molecule has 1 rings (SSSR count). The average molecular weight is 302 g/mol. The van der Waals surface area contributed by atoms with Gasteiger partial charge in [-0.05, 0) is 50.4 Å². The zero-order valence-corrected chi connectivity index (χ0v) is 12.3. The zero-order valence-electron chi connectivity index (χ0n) is 12.3. The maximum absolute atomic E-state index is 12.1. The predicted octanol–water partition coefficient (Wildman–Crippen LogP) is 1.91. The van der Waals surface area contributed by atoms with Gasteiger partial charge in [0.25, 0.3) is 0 Å². The van der Waals surface area contributed by atoms with E-state index in [2.05, 4.69) is 10.1 Å². The SMILES string of the molecule is CC(CN)(CCc1ccc(OC(F)F)cc1)NCCCO. The van der Waals surface area contributed by atoms with Crippen LogP contribution in [0.25, 0.3) is 0 Å². The van der Waals surface area contributed by atoms with Gasteiger partial charge in [-0.3, -0.25) is 0 Å². The van der Waals surface area contributed by atoms with E-state index < -0.39 is 6.61 Å². The third kappa shape index (κ3) is 6.84. The zero-order chi connectivity index (χ0) is 15.7.